The first-order chi connectivity index (χ1) is 12.3. The molecular formula is C18H20Cl2FN2O3+. The van der Waals surface area contributed by atoms with Crippen molar-refractivity contribution in [1.82, 2.24) is 0 Å². The zero-order valence-electron chi connectivity index (χ0n) is 14.6. The lowest BCUT2D eigenvalue weighted by atomic mass is 10.1. The summed E-state index contributed by atoms with van der Waals surface area (Å²) >= 11 is 11.8. The number of nitrogens with one attached hydrogen (secondary N) is 1. The Labute approximate surface area is 161 Å². The molecule has 1 amide bonds. The molecule has 5 nitrogen and oxygen atoms in total. The van der Waals surface area contributed by atoms with Crippen LogP contribution in [-0.4, -0.2) is 26.7 Å². The van der Waals surface area contributed by atoms with Gasteiger partial charge in [-0.3, -0.25) is 4.79 Å². The number of carbonyl (C=O) groups is 1. The van der Waals surface area contributed by atoms with Gasteiger partial charge in [0.25, 0.3) is 5.91 Å². The molecule has 2 aromatic rings. The van der Waals surface area contributed by atoms with Crippen LogP contribution >= 0.6 is 23.2 Å². The Kier molecular flexibility index (Phi) is 7.08. The Morgan fingerprint density at radius 2 is 1.92 bits per heavy atom. The van der Waals surface area contributed by atoms with Crippen LogP contribution in [0.3, 0.4) is 0 Å². The van der Waals surface area contributed by atoms with Crippen LogP contribution in [0, 0.1) is 5.82 Å². The van der Waals surface area contributed by atoms with E-state index < -0.39 is 5.82 Å². The number of methoxy groups -OCH3 is 2. The van der Waals surface area contributed by atoms with Crippen molar-refractivity contribution in [2.45, 2.75) is 13.0 Å². The monoisotopic (exact) mass is 401 g/mol. The van der Waals surface area contributed by atoms with E-state index in [1.54, 1.807) is 23.5 Å². The van der Waals surface area contributed by atoms with Crippen molar-refractivity contribution in [2.75, 3.05) is 26.1 Å². The smallest absolute Gasteiger partial charge is 0.279 e. The lowest BCUT2D eigenvalue weighted by Gasteiger charge is -2.14. The molecule has 0 bridgehead atoms. The van der Waals surface area contributed by atoms with Gasteiger partial charge in [0.2, 0.25) is 0 Å². The number of benzene rings is 2. The number of halogens is 3. The third-order valence-electron chi connectivity index (χ3n) is 3.87. The van der Waals surface area contributed by atoms with Crippen molar-refractivity contribution in [3.05, 3.63) is 51.8 Å². The van der Waals surface area contributed by atoms with Gasteiger partial charge in [0.1, 0.15) is 23.4 Å². The van der Waals surface area contributed by atoms with Crippen LogP contribution in [0.5, 0.6) is 11.5 Å². The van der Waals surface area contributed by atoms with Gasteiger partial charge in [-0.1, -0.05) is 23.2 Å². The highest BCUT2D eigenvalue weighted by atomic mass is 35.5. The molecule has 8 heteroatoms. The van der Waals surface area contributed by atoms with Crippen molar-refractivity contribution >= 4 is 34.8 Å². The fraction of sp³-hybridized carbons (Fsp3) is 0.278. The minimum atomic E-state index is -0.545. The average Bonchev–Trinajstić information content (AvgIpc) is 2.62. The molecule has 2 rings (SSSR count). The summed E-state index contributed by atoms with van der Waals surface area (Å²) in [5.74, 6) is 0.336. The maximum Gasteiger partial charge on any atom is 0.279 e. The van der Waals surface area contributed by atoms with Crippen LogP contribution < -0.4 is 20.1 Å². The van der Waals surface area contributed by atoms with Crippen molar-refractivity contribution in [2.24, 2.45) is 0 Å². The molecule has 0 unspecified atom stereocenters. The van der Waals surface area contributed by atoms with E-state index in [1.807, 2.05) is 6.92 Å². The van der Waals surface area contributed by atoms with Gasteiger partial charge in [-0.05, 0) is 31.2 Å². The van der Waals surface area contributed by atoms with Gasteiger partial charge in [-0.25, -0.2) is 4.39 Å². The molecule has 0 radical (unpaired) electrons. The maximum absolute atomic E-state index is 13.7. The molecule has 0 saturated carbocycles. The summed E-state index contributed by atoms with van der Waals surface area (Å²) in [6, 6.07) is 7.53. The number of nitrogens with two attached hydrogens (primary N) is 1. The SMILES string of the molecule is COc1ccc(OC)c(NC(=O)C[NH2+][C@@H](C)c2cc(F)c(Cl)cc2Cl)c1. The number of hydrogen-bond acceptors (Lipinski definition) is 3. The average molecular weight is 402 g/mol. The van der Waals surface area contributed by atoms with Gasteiger partial charge in [0, 0.05) is 11.6 Å². The highest BCUT2D eigenvalue weighted by Gasteiger charge is 2.18. The van der Waals surface area contributed by atoms with Crippen molar-refractivity contribution < 1.29 is 24.0 Å². The maximum atomic E-state index is 13.7. The zero-order valence-corrected chi connectivity index (χ0v) is 16.1. The van der Waals surface area contributed by atoms with Crippen LogP contribution in [0.4, 0.5) is 10.1 Å². The van der Waals surface area contributed by atoms with E-state index in [-0.39, 0.29) is 23.5 Å². The summed E-state index contributed by atoms with van der Waals surface area (Å²) in [5, 5.41) is 4.84. The van der Waals surface area contributed by atoms with Gasteiger partial charge in [-0.2, -0.15) is 0 Å². The largest absolute Gasteiger partial charge is 0.497 e. The van der Waals surface area contributed by atoms with E-state index in [4.69, 9.17) is 32.7 Å². The van der Waals surface area contributed by atoms with E-state index in [9.17, 15) is 9.18 Å². The zero-order chi connectivity index (χ0) is 19.3. The summed E-state index contributed by atoms with van der Waals surface area (Å²) in [4.78, 5) is 12.3. The second-order valence-electron chi connectivity index (χ2n) is 5.63. The second kappa shape index (κ2) is 9.07. The lowest BCUT2D eigenvalue weighted by molar-refractivity contribution is -0.682. The highest BCUT2D eigenvalue weighted by Crippen LogP contribution is 2.29. The van der Waals surface area contributed by atoms with Gasteiger partial charge in [-0.15, -0.1) is 0 Å². The molecule has 0 aliphatic rings. The Morgan fingerprint density at radius 1 is 1.19 bits per heavy atom. The summed E-state index contributed by atoms with van der Waals surface area (Å²) in [7, 11) is 3.06. The molecule has 0 aliphatic heterocycles. The molecule has 3 N–H and O–H groups in total. The highest BCUT2D eigenvalue weighted by molar-refractivity contribution is 6.35. The molecular weight excluding hydrogens is 382 g/mol. The number of rotatable bonds is 7. The molecule has 2 aromatic carbocycles. The molecule has 0 saturated heterocycles. The van der Waals surface area contributed by atoms with Crippen molar-refractivity contribution in [3.8, 4) is 11.5 Å². The minimum Gasteiger partial charge on any atom is -0.497 e. The van der Waals surface area contributed by atoms with Gasteiger partial charge >= 0.3 is 0 Å². The van der Waals surface area contributed by atoms with Gasteiger partial charge in [0.05, 0.1) is 30.0 Å². The predicted octanol–water partition coefficient (Wildman–Crippen LogP) is 3.41. The van der Waals surface area contributed by atoms with Crippen LogP contribution in [0.25, 0.3) is 0 Å². The number of quaternary nitrogens is 1. The number of hydrogen-bond donors (Lipinski definition) is 2. The number of ether oxygens (including phenoxy) is 2. The van der Waals surface area contributed by atoms with E-state index in [2.05, 4.69) is 5.32 Å². The van der Waals surface area contributed by atoms with Crippen molar-refractivity contribution in [1.29, 1.82) is 0 Å². The molecule has 0 aromatic heterocycles. The van der Waals surface area contributed by atoms with E-state index in [1.165, 1.54) is 26.4 Å². The fourth-order valence-corrected chi connectivity index (χ4v) is 2.97. The number of anilines is 1. The van der Waals surface area contributed by atoms with Crippen LogP contribution in [0.15, 0.2) is 30.3 Å². The Morgan fingerprint density at radius 3 is 2.58 bits per heavy atom. The standard InChI is InChI=1S/C18H19Cl2FN2O3/c1-10(12-7-15(21)14(20)8-13(12)19)22-9-18(24)23-16-6-11(25-2)4-5-17(16)26-3/h4-8,10,22H,9H2,1-3H3,(H,23,24)/p+1/t10-/m0/s1. The Hall–Kier alpha value is -2.02. The summed E-state index contributed by atoms with van der Waals surface area (Å²) in [6.45, 7) is 1.94. The van der Waals surface area contributed by atoms with E-state index in [0.29, 0.717) is 27.8 Å². The third-order valence-corrected chi connectivity index (χ3v) is 4.48. The number of carbonyl (C=O) groups excluding carboxylic acids is 1. The quantitative estimate of drug-likeness (QED) is 0.698. The molecule has 140 valence electrons. The Bertz CT molecular complexity index is 802. The molecule has 26 heavy (non-hydrogen) atoms. The van der Waals surface area contributed by atoms with Crippen LogP contribution in [-0.2, 0) is 4.79 Å². The normalized spacial score (nSPS) is 11.8. The predicted molar refractivity (Wildman–Crippen MR) is 99.8 cm³/mol. The van der Waals surface area contributed by atoms with E-state index in [0.717, 1.165) is 0 Å². The molecule has 0 heterocycles. The molecule has 0 aliphatic carbocycles. The first kappa shape index (κ1) is 20.3. The lowest BCUT2D eigenvalue weighted by Crippen LogP contribution is -2.86. The summed E-state index contributed by atoms with van der Waals surface area (Å²) < 4.78 is 24.0. The van der Waals surface area contributed by atoms with Gasteiger partial charge < -0.3 is 20.1 Å². The van der Waals surface area contributed by atoms with Gasteiger partial charge in [0.15, 0.2) is 6.54 Å². The Balaban J connectivity index is 2.02. The topological polar surface area (TPSA) is 64.2 Å². The molecule has 0 spiro atoms. The first-order valence-corrected chi connectivity index (χ1v) is 8.61. The summed E-state index contributed by atoms with van der Waals surface area (Å²) in [6.07, 6.45) is 0. The first-order valence-electron chi connectivity index (χ1n) is 7.85. The second-order valence-corrected chi connectivity index (χ2v) is 6.45. The van der Waals surface area contributed by atoms with Crippen LogP contribution in [0.2, 0.25) is 10.0 Å². The molecule has 0 fully saturated rings. The minimum absolute atomic E-state index is 0.0335. The molecule has 1 atom stereocenters. The number of amides is 1. The third kappa shape index (κ3) is 5.00. The van der Waals surface area contributed by atoms with E-state index >= 15 is 0 Å². The fourth-order valence-electron chi connectivity index (χ4n) is 2.41. The summed E-state index contributed by atoms with van der Waals surface area (Å²) in [5.41, 5.74) is 1.08. The van der Waals surface area contributed by atoms with Crippen LogP contribution in [0.1, 0.15) is 18.5 Å². The van der Waals surface area contributed by atoms with Crippen molar-refractivity contribution in [3.63, 3.8) is 0 Å².